The maximum Gasteiger partial charge on any atom is 0.282 e. The lowest BCUT2D eigenvalue weighted by Gasteiger charge is -2.10. The highest BCUT2D eigenvalue weighted by Gasteiger charge is 2.40. The molecule has 1 aliphatic heterocycles. The Kier molecular flexibility index (Phi) is 2.81. The summed E-state index contributed by atoms with van der Waals surface area (Å²) in [5.41, 5.74) is -0.431. The number of hydrogen-bond donors (Lipinski definition) is 0. The molecule has 6 nitrogen and oxygen atoms in total. The number of rotatable bonds is 3. The number of carbonyl (C=O) groups excluding carboxylic acids is 2. The Balaban J connectivity index is 2.57. The van der Waals surface area contributed by atoms with Gasteiger partial charge in [-0.3, -0.25) is 24.6 Å². The highest BCUT2D eigenvalue weighted by atomic mass is 35.5. The fourth-order valence-corrected chi connectivity index (χ4v) is 1.92. The van der Waals surface area contributed by atoms with Crippen LogP contribution in [-0.2, 0) is 0 Å². The average molecular weight is 255 g/mol. The van der Waals surface area contributed by atoms with Crippen LogP contribution < -0.4 is 0 Å². The molecule has 0 N–H and O–H groups in total. The van der Waals surface area contributed by atoms with E-state index in [0.717, 1.165) is 4.90 Å². The van der Waals surface area contributed by atoms with Crippen molar-refractivity contribution in [3.63, 3.8) is 0 Å². The topological polar surface area (TPSA) is 80.5 Å². The Bertz CT molecular complexity index is 529. The van der Waals surface area contributed by atoms with Gasteiger partial charge in [0.1, 0.15) is 5.56 Å². The zero-order chi connectivity index (χ0) is 12.6. The summed E-state index contributed by atoms with van der Waals surface area (Å²) in [5.74, 6) is -1.09. The second-order valence-corrected chi connectivity index (χ2v) is 3.79. The van der Waals surface area contributed by atoms with Gasteiger partial charge in [0.15, 0.2) is 0 Å². The SMILES string of the molecule is O=C1c2cccc([N+](=O)[O-])c2C(=O)N1CCCl. The fraction of sp³-hybridized carbons (Fsp3) is 0.200. The van der Waals surface area contributed by atoms with Crippen molar-refractivity contribution < 1.29 is 14.5 Å². The Morgan fingerprint density at radius 1 is 1.29 bits per heavy atom. The molecule has 0 radical (unpaired) electrons. The van der Waals surface area contributed by atoms with Gasteiger partial charge in [0, 0.05) is 18.5 Å². The molecule has 0 saturated carbocycles. The number of imide groups is 1. The van der Waals surface area contributed by atoms with Crippen LogP contribution in [0.2, 0.25) is 0 Å². The number of halogens is 1. The zero-order valence-corrected chi connectivity index (χ0v) is 9.31. The van der Waals surface area contributed by atoms with Crippen molar-refractivity contribution in [2.45, 2.75) is 0 Å². The van der Waals surface area contributed by atoms with Crippen LogP contribution in [0, 0.1) is 10.1 Å². The fourth-order valence-electron chi connectivity index (χ4n) is 1.76. The van der Waals surface area contributed by atoms with Gasteiger partial charge in [-0.2, -0.15) is 0 Å². The van der Waals surface area contributed by atoms with E-state index in [9.17, 15) is 19.7 Å². The van der Waals surface area contributed by atoms with Crippen molar-refractivity contribution in [1.82, 2.24) is 4.90 Å². The second-order valence-electron chi connectivity index (χ2n) is 3.41. The molecule has 0 fully saturated rings. The first-order valence-corrected chi connectivity index (χ1v) is 5.31. The van der Waals surface area contributed by atoms with E-state index in [4.69, 9.17) is 11.6 Å². The number of carbonyl (C=O) groups is 2. The number of nitro benzene ring substituents is 1. The molecule has 88 valence electrons. The van der Waals surface area contributed by atoms with Crippen molar-refractivity contribution in [1.29, 1.82) is 0 Å². The number of nitro groups is 1. The smallest absolute Gasteiger partial charge is 0.273 e. The second kappa shape index (κ2) is 4.14. The molecule has 0 unspecified atom stereocenters. The molecule has 0 bridgehead atoms. The first-order chi connectivity index (χ1) is 8.07. The van der Waals surface area contributed by atoms with E-state index < -0.39 is 16.7 Å². The van der Waals surface area contributed by atoms with Gasteiger partial charge >= 0.3 is 0 Å². The minimum Gasteiger partial charge on any atom is -0.273 e. The molecule has 0 saturated heterocycles. The monoisotopic (exact) mass is 254 g/mol. The van der Waals surface area contributed by atoms with Gasteiger partial charge in [0.2, 0.25) is 0 Å². The highest BCUT2D eigenvalue weighted by molar-refractivity contribution is 6.24. The van der Waals surface area contributed by atoms with Crippen molar-refractivity contribution in [2.75, 3.05) is 12.4 Å². The highest BCUT2D eigenvalue weighted by Crippen LogP contribution is 2.30. The summed E-state index contributed by atoms with van der Waals surface area (Å²) in [6, 6.07) is 3.98. The lowest BCUT2D eigenvalue weighted by molar-refractivity contribution is -0.385. The van der Waals surface area contributed by atoms with E-state index in [0.29, 0.717) is 0 Å². The summed E-state index contributed by atoms with van der Waals surface area (Å²) in [6.45, 7) is 0.0467. The summed E-state index contributed by atoms with van der Waals surface area (Å²) in [4.78, 5) is 34.7. The number of benzene rings is 1. The van der Waals surface area contributed by atoms with E-state index in [2.05, 4.69) is 0 Å². The van der Waals surface area contributed by atoms with Gasteiger partial charge in [0.05, 0.1) is 10.5 Å². The van der Waals surface area contributed by atoms with Crippen LogP contribution in [0.4, 0.5) is 5.69 Å². The largest absolute Gasteiger partial charge is 0.282 e. The average Bonchev–Trinajstić information content (AvgIpc) is 2.55. The quantitative estimate of drug-likeness (QED) is 0.354. The lowest BCUT2D eigenvalue weighted by atomic mass is 10.1. The van der Waals surface area contributed by atoms with E-state index >= 15 is 0 Å². The number of fused-ring (bicyclic) bond motifs is 1. The molecule has 0 aromatic heterocycles. The number of alkyl halides is 1. The molecule has 7 heteroatoms. The first-order valence-electron chi connectivity index (χ1n) is 4.77. The third-order valence-electron chi connectivity index (χ3n) is 2.48. The van der Waals surface area contributed by atoms with Crippen molar-refractivity contribution >= 4 is 29.1 Å². The minimum absolute atomic E-state index is 0.0467. The lowest BCUT2D eigenvalue weighted by Crippen LogP contribution is -2.31. The predicted octanol–water partition coefficient (Wildman–Crippen LogP) is 1.43. The van der Waals surface area contributed by atoms with Crippen LogP contribution >= 0.6 is 11.6 Å². The molecule has 0 aliphatic carbocycles. The molecule has 0 spiro atoms. The summed E-state index contributed by atoms with van der Waals surface area (Å²) in [7, 11) is 0. The minimum atomic E-state index is -0.672. The summed E-state index contributed by atoms with van der Waals surface area (Å²) in [5, 5.41) is 10.8. The summed E-state index contributed by atoms with van der Waals surface area (Å²) >= 11 is 5.48. The molecule has 1 aromatic rings. The molecular weight excluding hydrogens is 248 g/mol. The van der Waals surface area contributed by atoms with Gasteiger partial charge in [-0.1, -0.05) is 6.07 Å². The molecule has 2 rings (SSSR count). The normalized spacial score (nSPS) is 14.1. The third kappa shape index (κ3) is 1.66. The van der Waals surface area contributed by atoms with Crippen LogP contribution in [-0.4, -0.2) is 34.1 Å². The Morgan fingerprint density at radius 2 is 2.00 bits per heavy atom. The van der Waals surface area contributed by atoms with Crippen molar-refractivity contribution in [3.05, 3.63) is 39.4 Å². The number of hydrogen-bond acceptors (Lipinski definition) is 4. The van der Waals surface area contributed by atoms with Gasteiger partial charge in [-0.15, -0.1) is 11.6 Å². The van der Waals surface area contributed by atoms with Gasteiger partial charge in [0.25, 0.3) is 17.5 Å². The molecule has 1 aromatic carbocycles. The van der Waals surface area contributed by atoms with E-state index in [-0.39, 0.29) is 29.2 Å². The number of amides is 2. The van der Waals surface area contributed by atoms with E-state index in [1.807, 2.05) is 0 Å². The molecule has 1 heterocycles. The van der Waals surface area contributed by atoms with Gasteiger partial charge in [-0.05, 0) is 6.07 Å². The van der Waals surface area contributed by atoms with Crippen LogP contribution in [0.1, 0.15) is 20.7 Å². The summed E-state index contributed by atoms with van der Waals surface area (Å²) in [6.07, 6.45) is 0. The number of nitrogens with zero attached hydrogens (tertiary/aromatic N) is 2. The van der Waals surface area contributed by atoms with Gasteiger partial charge in [-0.25, -0.2) is 0 Å². The maximum atomic E-state index is 11.9. The van der Waals surface area contributed by atoms with Crippen LogP contribution in [0.15, 0.2) is 18.2 Å². The van der Waals surface area contributed by atoms with Gasteiger partial charge < -0.3 is 0 Å². The van der Waals surface area contributed by atoms with Crippen LogP contribution in [0.3, 0.4) is 0 Å². The molecule has 17 heavy (non-hydrogen) atoms. The molecular formula is C10H7ClN2O4. The molecule has 1 aliphatic rings. The van der Waals surface area contributed by atoms with Crippen LogP contribution in [0.25, 0.3) is 0 Å². The van der Waals surface area contributed by atoms with Crippen molar-refractivity contribution in [2.24, 2.45) is 0 Å². The Labute approximate surface area is 101 Å². The predicted molar refractivity (Wildman–Crippen MR) is 59.2 cm³/mol. The third-order valence-corrected chi connectivity index (χ3v) is 2.65. The standard InChI is InChI=1S/C10H7ClN2O4/c11-4-5-12-9(14)6-2-1-3-7(13(16)17)8(6)10(12)15/h1-3H,4-5H2. The summed E-state index contributed by atoms with van der Waals surface area (Å²) < 4.78 is 0. The van der Waals surface area contributed by atoms with Crippen LogP contribution in [0.5, 0.6) is 0 Å². The van der Waals surface area contributed by atoms with Crippen molar-refractivity contribution in [3.8, 4) is 0 Å². The maximum absolute atomic E-state index is 11.9. The van der Waals surface area contributed by atoms with E-state index in [1.165, 1.54) is 18.2 Å². The zero-order valence-electron chi connectivity index (χ0n) is 8.55. The molecule has 0 atom stereocenters. The Morgan fingerprint density at radius 3 is 2.59 bits per heavy atom. The van der Waals surface area contributed by atoms with E-state index in [1.54, 1.807) is 0 Å². The Hall–Kier alpha value is -1.95. The molecule has 2 amide bonds. The first kappa shape index (κ1) is 11.5.